The van der Waals surface area contributed by atoms with E-state index < -0.39 is 5.95 Å². The van der Waals surface area contributed by atoms with Gasteiger partial charge in [0.1, 0.15) is 11.5 Å². The second-order valence-electron chi connectivity index (χ2n) is 6.57. The fourth-order valence-corrected chi connectivity index (χ4v) is 3.29. The molecule has 1 N–H and O–H groups in total. The summed E-state index contributed by atoms with van der Waals surface area (Å²) >= 11 is 0. The summed E-state index contributed by atoms with van der Waals surface area (Å²) in [6.45, 7) is 6.37. The predicted octanol–water partition coefficient (Wildman–Crippen LogP) is 4.85. The molecule has 3 aromatic rings. The standard InChI is InChI=1S/C20H26FN5/c1-4-6-7-9-15-14(3)23-19(25-15)17(5-2)26-13-12-22-20(26)16-10-8-11-18(21)24-16/h8,10-13,17H,4-7,9H2,1-3H3,(H,23,25). The van der Waals surface area contributed by atoms with Crippen molar-refractivity contribution in [2.75, 3.05) is 0 Å². The third-order valence-corrected chi connectivity index (χ3v) is 4.69. The van der Waals surface area contributed by atoms with Crippen LogP contribution in [-0.4, -0.2) is 24.5 Å². The van der Waals surface area contributed by atoms with Gasteiger partial charge in [0.2, 0.25) is 5.95 Å². The van der Waals surface area contributed by atoms with Crippen LogP contribution in [0, 0.1) is 12.9 Å². The quantitative estimate of drug-likeness (QED) is 0.464. The van der Waals surface area contributed by atoms with Gasteiger partial charge in [0, 0.05) is 18.1 Å². The van der Waals surface area contributed by atoms with Crippen molar-refractivity contribution in [1.29, 1.82) is 0 Å². The Hall–Kier alpha value is -2.50. The Morgan fingerprint density at radius 2 is 2.04 bits per heavy atom. The minimum atomic E-state index is -0.503. The predicted molar refractivity (Wildman–Crippen MR) is 100 cm³/mol. The summed E-state index contributed by atoms with van der Waals surface area (Å²) in [5.41, 5.74) is 2.79. The van der Waals surface area contributed by atoms with E-state index in [1.165, 1.54) is 31.0 Å². The van der Waals surface area contributed by atoms with Crippen LogP contribution in [-0.2, 0) is 6.42 Å². The van der Waals surface area contributed by atoms with Crippen LogP contribution in [0.1, 0.15) is 62.8 Å². The number of aryl methyl sites for hydroxylation is 2. The summed E-state index contributed by atoms with van der Waals surface area (Å²) in [7, 11) is 0. The van der Waals surface area contributed by atoms with Crippen molar-refractivity contribution in [3.05, 3.63) is 53.8 Å². The van der Waals surface area contributed by atoms with Crippen LogP contribution in [0.4, 0.5) is 4.39 Å². The highest BCUT2D eigenvalue weighted by molar-refractivity contribution is 5.49. The Morgan fingerprint density at radius 1 is 1.19 bits per heavy atom. The number of nitrogens with one attached hydrogen (secondary N) is 1. The molecule has 0 saturated carbocycles. The van der Waals surface area contributed by atoms with Gasteiger partial charge in [-0.25, -0.2) is 15.0 Å². The molecule has 0 fully saturated rings. The van der Waals surface area contributed by atoms with Gasteiger partial charge in [-0.3, -0.25) is 0 Å². The van der Waals surface area contributed by atoms with Crippen LogP contribution < -0.4 is 0 Å². The molecule has 0 bridgehead atoms. The van der Waals surface area contributed by atoms with Crippen molar-refractivity contribution in [3.8, 4) is 11.5 Å². The third kappa shape index (κ3) is 3.84. The SMILES string of the molecule is CCCCCc1[nH]c(C(CC)n2ccnc2-c2cccc(F)n2)nc1C. The summed E-state index contributed by atoms with van der Waals surface area (Å²) < 4.78 is 15.6. The van der Waals surface area contributed by atoms with E-state index >= 15 is 0 Å². The van der Waals surface area contributed by atoms with E-state index in [4.69, 9.17) is 4.98 Å². The molecule has 3 aromatic heterocycles. The lowest BCUT2D eigenvalue weighted by Crippen LogP contribution is -2.12. The molecule has 0 aliphatic carbocycles. The highest BCUT2D eigenvalue weighted by atomic mass is 19.1. The van der Waals surface area contributed by atoms with E-state index in [9.17, 15) is 4.39 Å². The second-order valence-corrected chi connectivity index (χ2v) is 6.57. The zero-order valence-electron chi connectivity index (χ0n) is 15.7. The first-order valence-corrected chi connectivity index (χ1v) is 9.35. The third-order valence-electron chi connectivity index (χ3n) is 4.69. The molecular weight excluding hydrogens is 329 g/mol. The number of H-pyrrole nitrogens is 1. The first-order chi connectivity index (χ1) is 12.6. The zero-order valence-corrected chi connectivity index (χ0v) is 15.7. The van der Waals surface area contributed by atoms with E-state index in [1.54, 1.807) is 18.3 Å². The maximum Gasteiger partial charge on any atom is 0.213 e. The molecule has 26 heavy (non-hydrogen) atoms. The number of aromatic amines is 1. The van der Waals surface area contributed by atoms with E-state index in [-0.39, 0.29) is 6.04 Å². The molecule has 1 atom stereocenters. The largest absolute Gasteiger partial charge is 0.344 e. The number of unbranched alkanes of at least 4 members (excludes halogenated alkanes) is 2. The Morgan fingerprint density at radius 3 is 2.77 bits per heavy atom. The average molecular weight is 355 g/mol. The monoisotopic (exact) mass is 355 g/mol. The van der Waals surface area contributed by atoms with Gasteiger partial charge in [-0.2, -0.15) is 4.39 Å². The van der Waals surface area contributed by atoms with Gasteiger partial charge in [-0.05, 0) is 38.3 Å². The van der Waals surface area contributed by atoms with Crippen molar-refractivity contribution >= 4 is 0 Å². The van der Waals surface area contributed by atoms with Crippen molar-refractivity contribution in [2.45, 2.75) is 58.9 Å². The Labute approximate surface area is 153 Å². The smallest absolute Gasteiger partial charge is 0.213 e. The van der Waals surface area contributed by atoms with Crippen LogP contribution in [0.15, 0.2) is 30.6 Å². The molecule has 0 radical (unpaired) electrons. The van der Waals surface area contributed by atoms with Crippen molar-refractivity contribution in [3.63, 3.8) is 0 Å². The Balaban J connectivity index is 1.91. The molecule has 6 heteroatoms. The lowest BCUT2D eigenvalue weighted by Gasteiger charge is -2.17. The molecule has 0 aromatic carbocycles. The summed E-state index contributed by atoms with van der Waals surface area (Å²) in [5, 5.41) is 0. The van der Waals surface area contributed by atoms with Gasteiger partial charge in [0.25, 0.3) is 0 Å². The lowest BCUT2D eigenvalue weighted by atomic mass is 10.1. The number of nitrogens with zero attached hydrogens (tertiary/aromatic N) is 4. The highest BCUT2D eigenvalue weighted by Gasteiger charge is 2.21. The fourth-order valence-electron chi connectivity index (χ4n) is 3.29. The van der Waals surface area contributed by atoms with Crippen molar-refractivity contribution < 1.29 is 4.39 Å². The van der Waals surface area contributed by atoms with Gasteiger partial charge >= 0.3 is 0 Å². The maximum atomic E-state index is 13.5. The number of pyridine rings is 1. The van der Waals surface area contributed by atoms with Gasteiger partial charge in [0.05, 0.1) is 11.7 Å². The van der Waals surface area contributed by atoms with E-state index in [0.717, 1.165) is 24.4 Å². The molecule has 0 aliphatic rings. The summed E-state index contributed by atoms with van der Waals surface area (Å²) in [5.74, 6) is 1.07. The summed E-state index contributed by atoms with van der Waals surface area (Å²) in [6, 6.07) is 4.78. The zero-order chi connectivity index (χ0) is 18.5. The van der Waals surface area contributed by atoms with Gasteiger partial charge < -0.3 is 9.55 Å². The van der Waals surface area contributed by atoms with Gasteiger partial charge in [-0.15, -0.1) is 0 Å². The molecule has 0 amide bonds. The van der Waals surface area contributed by atoms with Gasteiger partial charge in [-0.1, -0.05) is 32.8 Å². The first kappa shape index (κ1) is 18.3. The number of rotatable bonds is 8. The average Bonchev–Trinajstić information content (AvgIpc) is 3.24. The molecule has 3 rings (SSSR count). The maximum absolute atomic E-state index is 13.5. The molecule has 1 unspecified atom stereocenters. The highest BCUT2D eigenvalue weighted by Crippen LogP contribution is 2.27. The summed E-state index contributed by atoms with van der Waals surface area (Å²) in [4.78, 5) is 16.7. The molecule has 3 heterocycles. The van der Waals surface area contributed by atoms with Crippen LogP contribution in [0.5, 0.6) is 0 Å². The van der Waals surface area contributed by atoms with Crippen LogP contribution in [0.25, 0.3) is 11.5 Å². The lowest BCUT2D eigenvalue weighted by molar-refractivity contribution is 0.540. The number of hydrogen-bond acceptors (Lipinski definition) is 3. The molecule has 0 saturated heterocycles. The number of halogens is 1. The molecular formula is C20H26FN5. The minimum absolute atomic E-state index is 0.0104. The number of hydrogen-bond donors (Lipinski definition) is 1. The minimum Gasteiger partial charge on any atom is -0.344 e. The fraction of sp³-hybridized carbons (Fsp3) is 0.450. The second kappa shape index (κ2) is 8.25. The number of aromatic nitrogens is 5. The van der Waals surface area contributed by atoms with E-state index in [2.05, 4.69) is 35.7 Å². The first-order valence-electron chi connectivity index (χ1n) is 9.35. The van der Waals surface area contributed by atoms with E-state index in [1.807, 2.05) is 10.8 Å². The Bertz CT molecular complexity index is 852. The topological polar surface area (TPSA) is 59.4 Å². The van der Waals surface area contributed by atoms with Crippen LogP contribution >= 0.6 is 0 Å². The van der Waals surface area contributed by atoms with Gasteiger partial charge in [0.15, 0.2) is 5.82 Å². The molecule has 5 nitrogen and oxygen atoms in total. The van der Waals surface area contributed by atoms with Crippen molar-refractivity contribution in [1.82, 2.24) is 24.5 Å². The van der Waals surface area contributed by atoms with Crippen LogP contribution in [0.3, 0.4) is 0 Å². The van der Waals surface area contributed by atoms with Crippen molar-refractivity contribution in [2.24, 2.45) is 0 Å². The molecule has 0 spiro atoms. The normalized spacial score (nSPS) is 12.5. The summed E-state index contributed by atoms with van der Waals surface area (Å²) in [6.07, 6.45) is 9.09. The molecule has 0 aliphatic heterocycles. The molecule has 138 valence electrons. The number of imidazole rings is 2. The van der Waals surface area contributed by atoms with E-state index in [0.29, 0.717) is 11.5 Å². The van der Waals surface area contributed by atoms with Crippen LogP contribution in [0.2, 0.25) is 0 Å². The Kier molecular flexibility index (Phi) is 5.81.